The summed E-state index contributed by atoms with van der Waals surface area (Å²) in [6.45, 7) is 1.79. The van der Waals surface area contributed by atoms with Crippen LogP contribution in [0.4, 0.5) is 13.2 Å². The molecule has 0 atom stereocenters. The van der Waals surface area contributed by atoms with Crippen LogP contribution in [0.5, 0.6) is 5.75 Å². The minimum absolute atomic E-state index is 0.0830. The van der Waals surface area contributed by atoms with Gasteiger partial charge in [-0.3, -0.25) is 9.59 Å². The molecule has 6 nitrogen and oxygen atoms in total. The molecule has 0 N–H and O–H groups in total. The number of benzene rings is 2. The lowest BCUT2D eigenvalue weighted by Crippen LogP contribution is -2.23. The van der Waals surface area contributed by atoms with Gasteiger partial charge in [-0.25, -0.2) is 0 Å². The first-order chi connectivity index (χ1) is 13.8. The second-order valence-corrected chi connectivity index (χ2v) is 6.74. The van der Waals surface area contributed by atoms with Crippen LogP contribution in [0, 0.1) is 0 Å². The zero-order chi connectivity index (χ0) is 21.0. The van der Waals surface area contributed by atoms with Gasteiger partial charge < -0.3 is 14.0 Å². The Morgan fingerprint density at radius 2 is 1.79 bits per heavy atom. The molecule has 10 heteroatoms. The lowest BCUT2D eigenvalue weighted by atomic mass is 10.2. The molecule has 152 valence electrons. The van der Waals surface area contributed by atoms with Crippen molar-refractivity contribution >= 4 is 33.4 Å². The van der Waals surface area contributed by atoms with E-state index in [9.17, 15) is 22.8 Å². The van der Waals surface area contributed by atoms with Crippen LogP contribution in [-0.4, -0.2) is 29.4 Å². The van der Waals surface area contributed by atoms with Crippen molar-refractivity contribution in [3.05, 3.63) is 58.9 Å². The summed E-state index contributed by atoms with van der Waals surface area (Å²) in [4.78, 5) is 28.8. The SMILES string of the molecule is CCOC(=O)Cn1c(=NC(=O)c2ccc(OC(F)(F)F)cc2)sc2ccccc21. The topological polar surface area (TPSA) is 69.9 Å². The van der Waals surface area contributed by atoms with E-state index in [-0.39, 0.29) is 23.5 Å². The molecule has 0 aliphatic heterocycles. The van der Waals surface area contributed by atoms with Crippen molar-refractivity contribution in [2.45, 2.75) is 19.8 Å². The number of alkyl halides is 3. The highest BCUT2D eigenvalue weighted by Gasteiger charge is 2.31. The number of hydrogen-bond acceptors (Lipinski definition) is 5. The summed E-state index contributed by atoms with van der Waals surface area (Å²) < 4.78 is 47.9. The van der Waals surface area contributed by atoms with Crippen LogP contribution in [0.2, 0.25) is 0 Å². The van der Waals surface area contributed by atoms with E-state index < -0.39 is 24.0 Å². The fraction of sp³-hybridized carbons (Fsp3) is 0.211. The number of aromatic nitrogens is 1. The monoisotopic (exact) mass is 424 g/mol. The summed E-state index contributed by atoms with van der Waals surface area (Å²) in [7, 11) is 0. The fourth-order valence-electron chi connectivity index (χ4n) is 2.55. The first kappa shape index (κ1) is 20.6. The molecule has 29 heavy (non-hydrogen) atoms. The number of ether oxygens (including phenoxy) is 2. The van der Waals surface area contributed by atoms with Gasteiger partial charge in [0.2, 0.25) is 0 Å². The van der Waals surface area contributed by atoms with E-state index in [0.717, 1.165) is 16.8 Å². The first-order valence-corrected chi connectivity index (χ1v) is 9.27. The highest BCUT2D eigenvalue weighted by molar-refractivity contribution is 7.16. The lowest BCUT2D eigenvalue weighted by molar-refractivity contribution is -0.274. The van der Waals surface area contributed by atoms with E-state index in [4.69, 9.17) is 4.74 Å². The Morgan fingerprint density at radius 1 is 1.10 bits per heavy atom. The highest BCUT2D eigenvalue weighted by atomic mass is 32.1. The van der Waals surface area contributed by atoms with Crippen LogP contribution in [0.15, 0.2) is 53.5 Å². The van der Waals surface area contributed by atoms with Crippen LogP contribution in [0.1, 0.15) is 17.3 Å². The second kappa shape index (κ2) is 8.48. The van der Waals surface area contributed by atoms with Gasteiger partial charge in [0.1, 0.15) is 12.3 Å². The molecule has 0 radical (unpaired) electrons. The number of halogens is 3. The normalized spacial score (nSPS) is 12.2. The van der Waals surface area contributed by atoms with E-state index in [1.807, 2.05) is 12.1 Å². The van der Waals surface area contributed by atoms with E-state index in [2.05, 4.69) is 9.73 Å². The van der Waals surface area contributed by atoms with E-state index >= 15 is 0 Å². The zero-order valence-corrected chi connectivity index (χ0v) is 15.9. The molecule has 3 aromatic rings. The minimum Gasteiger partial charge on any atom is -0.465 e. The smallest absolute Gasteiger partial charge is 0.465 e. The maximum Gasteiger partial charge on any atom is 0.573 e. The maximum atomic E-state index is 12.5. The molecule has 3 rings (SSSR count). The van der Waals surface area contributed by atoms with Crippen molar-refractivity contribution in [3.63, 3.8) is 0 Å². The molecule has 0 aliphatic carbocycles. The molecular weight excluding hydrogens is 409 g/mol. The standard InChI is InChI=1S/C19H15F3N2O4S/c1-2-27-16(25)11-24-14-5-3-4-6-15(14)29-18(24)23-17(26)12-7-9-13(10-8-12)28-19(20,21)22/h3-10H,2,11H2,1H3. The van der Waals surface area contributed by atoms with Gasteiger partial charge in [-0.15, -0.1) is 13.2 Å². The summed E-state index contributed by atoms with van der Waals surface area (Å²) in [5, 5.41) is 0. The van der Waals surface area contributed by atoms with Gasteiger partial charge in [-0.1, -0.05) is 23.5 Å². The number of carbonyl (C=O) groups excluding carboxylic acids is 2. The van der Waals surface area contributed by atoms with Crippen LogP contribution in [0.3, 0.4) is 0 Å². The number of thiazole rings is 1. The van der Waals surface area contributed by atoms with Crippen molar-refractivity contribution in [2.75, 3.05) is 6.61 Å². The third-order valence-electron chi connectivity index (χ3n) is 3.71. The Kier molecular flexibility index (Phi) is 6.02. The van der Waals surface area contributed by atoms with Crippen molar-refractivity contribution in [2.24, 2.45) is 4.99 Å². The average Bonchev–Trinajstić information content (AvgIpc) is 2.98. The maximum absolute atomic E-state index is 12.5. The Labute approximate surface area is 166 Å². The molecule has 1 heterocycles. The van der Waals surface area contributed by atoms with Crippen LogP contribution >= 0.6 is 11.3 Å². The van der Waals surface area contributed by atoms with E-state index in [1.165, 1.54) is 23.5 Å². The molecule has 0 saturated carbocycles. The molecule has 0 bridgehead atoms. The number of hydrogen-bond donors (Lipinski definition) is 0. The van der Waals surface area contributed by atoms with Gasteiger partial charge in [-0.05, 0) is 43.3 Å². The van der Waals surface area contributed by atoms with Gasteiger partial charge in [0, 0.05) is 5.56 Å². The van der Waals surface area contributed by atoms with Crippen LogP contribution in [-0.2, 0) is 16.1 Å². The molecule has 0 saturated heterocycles. The predicted octanol–water partition coefficient (Wildman–Crippen LogP) is 3.91. The van der Waals surface area contributed by atoms with Crippen molar-refractivity contribution in [1.29, 1.82) is 0 Å². The Hall–Kier alpha value is -3.14. The van der Waals surface area contributed by atoms with Crippen molar-refractivity contribution in [1.82, 2.24) is 4.57 Å². The van der Waals surface area contributed by atoms with Crippen molar-refractivity contribution in [3.8, 4) is 5.75 Å². The zero-order valence-electron chi connectivity index (χ0n) is 15.1. The molecule has 1 aromatic heterocycles. The third-order valence-corrected chi connectivity index (χ3v) is 4.77. The number of fused-ring (bicyclic) bond motifs is 1. The lowest BCUT2D eigenvalue weighted by Gasteiger charge is -2.08. The number of esters is 1. The number of carbonyl (C=O) groups is 2. The van der Waals surface area contributed by atoms with Crippen molar-refractivity contribution < 1.29 is 32.2 Å². The Balaban J connectivity index is 1.94. The quantitative estimate of drug-likeness (QED) is 0.583. The van der Waals surface area contributed by atoms with Crippen LogP contribution in [0.25, 0.3) is 10.2 Å². The highest BCUT2D eigenvalue weighted by Crippen LogP contribution is 2.23. The third kappa shape index (κ3) is 5.23. The van der Waals surface area contributed by atoms with Gasteiger partial charge in [0.25, 0.3) is 5.91 Å². The summed E-state index contributed by atoms with van der Waals surface area (Å²) in [5.74, 6) is -1.57. The molecule has 0 fully saturated rings. The number of nitrogens with zero attached hydrogens (tertiary/aromatic N) is 2. The first-order valence-electron chi connectivity index (χ1n) is 8.45. The summed E-state index contributed by atoms with van der Waals surface area (Å²) in [6, 6.07) is 11.7. The number of para-hydroxylation sites is 1. The van der Waals surface area contributed by atoms with Crippen LogP contribution < -0.4 is 9.54 Å². The second-order valence-electron chi connectivity index (χ2n) is 5.73. The number of rotatable bonds is 5. The minimum atomic E-state index is -4.81. The summed E-state index contributed by atoms with van der Waals surface area (Å²) in [6.07, 6.45) is -4.81. The Bertz CT molecular complexity index is 1100. The van der Waals surface area contributed by atoms with Gasteiger partial charge in [0.15, 0.2) is 4.80 Å². The molecule has 2 aromatic carbocycles. The van der Waals surface area contributed by atoms with Gasteiger partial charge in [-0.2, -0.15) is 4.99 Å². The molecule has 0 unspecified atom stereocenters. The van der Waals surface area contributed by atoms with Gasteiger partial charge >= 0.3 is 12.3 Å². The predicted molar refractivity (Wildman–Crippen MR) is 99.5 cm³/mol. The summed E-state index contributed by atoms with van der Waals surface area (Å²) >= 11 is 1.21. The number of amides is 1. The average molecular weight is 424 g/mol. The van der Waals surface area contributed by atoms with Gasteiger partial charge in [0.05, 0.1) is 16.8 Å². The largest absolute Gasteiger partial charge is 0.573 e. The van der Waals surface area contributed by atoms with E-state index in [1.54, 1.807) is 23.6 Å². The molecular formula is C19H15F3N2O4S. The molecule has 0 spiro atoms. The Morgan fingerprint density at radius 3 is 2.45 bits per heavy atom. The fourth-order valence-corrected chi connectivity index (χ4v) is 3.57. The molecule has 0 aliphatic rings. The summed E-state index contributed by atoms with van der Waals surface area (Å²) in [5.41, 5.74) is 0.797. The molecule has 1 amide bonds. The van der Waals surface area contributed by atoms with E-state index in [0.29, 0.717) is 5.52 Å².